The van der Waals surface area contributed by atoms with E-state index in [2.05, 4.69) is 19.3 Å². The molecule has 0 aliphatic rings. The Bertz CT molecular complexity index is 970. The molecule has 0 aliphatic carbocycles. The topological polar surface area (TPSA) is 70.3 Å². The minimum absolute atomic E-state index is 0.0748. The molecule has 28 heavy (non-hydrogen) atoms. The molecule has 11 heteroatoms. The lowest BCUT2D eigenvalue weighted by atomic mass is 10.0. The number of benzene rings is 2. The third-order valence-electron chi connectivity index (χ3n) is 3.55. The standard InChI is InChI=1S/C17H10ClF4N3O2S/c18-15-13(9-3-7-12(8-4-9)28-27-26-23)14(10-1-5-11(19)6-2-10)24-16(25-15)17(20,21)22/h1-8H,23H2. The summed E-state index contributed by atoms with van der Waals surface area (Å²) in [4.78, 5) is 11.6. The van der Waals surface area contributed by atoms with Gasteiger partial charge in [-0.15, -0.1) is 9.32 Å². The SMILES string of the molecule is NOOSc1ccc(-c2c(Cl)nc(C(F)(F)F)nc2-c2ccc(F)cc2)cc1. The zero-order valence-corrected chi connectivity index (χ0v) is 15.3. The Morgan fingerprint density at radius 3 is 2.11 bits per heavy atom. The molecular weight excluding hydrogens is 422 g/mol. The maximum Gasteiger partial charge on any atom is 0.451 e. The van der Waals surface area contributed by atoms with Gasteiger partial charge >= 0.3 is 6.18 Å². The zero-order chi connectivity index (χ0) is 20.3. The average Bonchev–Trinajstić information content (AvgIpc) is 2.66. The molecule has 0 saturated carbocycles. The van der Waals surface area contributed by atoms with Gasteiger partial charge in [0.25, 0.3) is 0 Å². The highest BCUT2D eigenvalue weighted by atomic mass is 35.5. The minimum atomic E-state index is -4.79. The molecule has 3 rings (SSSR count). The highest BCUT2D eigenvalue weighted by molar-refractivity contribution is 7.94. The van der Waals surface area contributed by atoms with Gasteiger partial charge in [0.15, 0.2) is 0 Å². The van der Waals surface area contributed by atoms with Gasteiger partial charge in [-0.1, -0.05) is 23.7 Å². The van der Waals surface area contributed by atoms with Gasteiger partial charge in [-0.05, 0) is 42.0 Å². The number of halogens is 5. The zero-order valence-electron chi connectivity index (χ0n) is 13.7. The van der Waals surface area contributed by atoms with Crippen LogP contribution in [0.3, 0.4) is 0 Å². The van der Waals surface area contributed by atoms with Crippen molar-refractivity contribution in [2.45, 2.75) is 11.1 Å². The third kappa shape index (κ3) is 4.59. The van der Waals surface area contributed by atoms with Crippen molar-refractivity contribution in [3.63, 3.8) is 0 Å². The van der Waals surface area contributed by atoms with E-state index in [0.717, 1.165) is 24.2 Å². The second kappa shape index (κ2) is 8.41. The maximum atomic E-state index is 13.2. The van der Waals surface area contributed by atoms with Crippen LogP contribution in [0.15, 0.2) is 53.4 Å². The molecule has 1 aromatic heterocycles. The van der Waals surface area contributed by atoms with E-state index in [4.69, 9.17) is 17.5 Å². The molecule has 0 fully saturated rings. The number of hydrogen-bond donors (Lipinski definition) is 1. The van der Waals surface area contributed by atoms with Crippen LogP contribution in [0.2, 0.25) is 5.15 Å². The van der Waals surface area contributed by atoms with Crippen LogP contribution >= 0.6 is 23.6 Å². The van der Waals surface area contributed by atoms with Gasteiger partial charge in [0.1, 0.15) is 11.0 Å². The molecular formula is C17H10ClF4N3O2S. The van der Waals surface area contributed by atoms with E-state index in [0.29, 0.717) is 10.5 Å². The minimum Gasteiger partial charge on any atom is -0.224 e. The quantitative estimate of drug-likeness (QED) is 0.190. The maximum absolute atomic E-state index is 13.2. The van der Waals surface area contributed by atoms with Gasteiger partial charge in [-0.2, -0.15) is 19.1 Å². The average molecular weight is 432 g/mol. The van der Waals surface area contributed by atoms with Crippen molar-refractivity contribution in [2.75, 3.05) is 0 Å². The summed E-state index contributed by atoms with van der Waals surface area (Å²) in [5.41, 5.74) is 0.809. The molecule has 2 aromatic carbocycles. The fraction of sp³-hybridized carbons (Fsp3) is 0.0588. The largest absolute Gasteiger partial charge is 0.451 e. The van der Waals surface area contributed by atoms with Gasteiger partial charge in [-0.25, -0.2) is 14.4 Å². The van der Waals surface area contributed by atoms with E-state index >= 15 is 0 Å². The molecule has 0 spiro atoms. The Morgan fingerprint density at radius 1 is 0.929 bits per heavy atom. The number of alkyl halides is 3. The second-order valence-corrected chi connectivity index (χ2v) is 6.47. The monoisotopic (exact) mass is 431 g/mol. The van der Waals surface area contributed by atoms with Crippen molar-refractivity contribution in [1.82, 2.24) is 9.97 Å². The van der Waals surface area contributed by atoms with Crippen LogP contribution in [0, 0.1) is 5.82 Å². The van der Waals surface area contributed by atoms with E-state index in [1.807, 2.05) is 0 Å². The summed E-state index contributed by atoms with van der Waals surface area (Å²) in [6.45, 7) is 0. The van der Waals surface area contributed by atoms with Crippen molar-refractivity contribution >= 4 is 23.6 Å². The van der Waals surface area contributed by atoms with Gasteiger partial charge in [0, 0.05) is 16.0 Å². The third-order valence-corrected chi connectivity index (χ3v) is 4.43. The predicted molar refractivity (Wildman–Crippen MR) is 95.1 cm³/mol. The van der Waals surface area contributed by atoms with Crippen LogP contribution in [0.5, 0.6) is 0 Å². The summed E-state index contributed by atoms with van der Waals surface area (Å²) in [5.74, 6) is 2.84. The first-order valence-electron chi connectivity index (χ1n) is 7.51. The Hall–Kier alpha value is -2.24. The summed E-state index contributed by atoms with van der Waals surface area (Å²) in [7, 11) is 0. The molecule has 0 atom stereocenters. The summed E-state index contributed by atoms with van der Waals surface area (Å²) >= 11 is 6.92. The van der Waals surface area contributed by atoms with Crippen molar-refractivity contribution in [1.29, 1.82) is 0 Å². The fourth-order valence-corrected chi connectivity index (χ4v) is 3.01. The lowest BCUT2D eigenvalue weighted by molar-refractivity contribution is -0.195. The summed E-state index contributed by atoms with van der Waals surface area (Å²) in [6.07, 6.45) is -4.79. The highest BCUT2D eigenvalue weighted by Crippen LogP contribution is 2.39. The van der Waals surface area contributed by atoms with E-state index in [1.54, 1.807) is 24.3 Å². The number of nitrogens with zero attached hydrogens (tertiary/aromatic N) is 2. The van der Waals surface area contributed by atoms with E-state index < -0.39 is 17.8 Å². The van der Waals surface area contributed by atoms with Crippen LogP contribution in [-0.2, 0) is 15.5 Å². The van der Waals surface area contributed by atoms with Crippen LogP contribution in [0.25, 0.3) is 22.4 Å². The summed E-state index contributed by atoms with van der Waals surface area (Å²) in [5, 5.41) is -0.386. The predicted octanol–water partition coefficient (Wildman–Crippen LogP) is 5.45. The molecule has 3 aromatic rings. The first kappa shape index (κ1) is 20.5. The van der Waals surface area contributed by atoms with Gasteiger partial charge in [0.05, 0.1) is 17.7 Å². The normalized spacial score (nSPS) is 11.6. The Morgan fingerprint density at radius 2 is 1.54 bits per heavy atom. The molecule has 1 heterocycles. The summed E-state index contributed by atoms with van der Waals surface area (Å²) in [6, 6.07) is 11.3. The molecule has 0 radical (unpaired) electrons. The number of hydrogen-bond acceptors (Lipinski definition) is 6. The van der Waals surface area contributed by atoms with Gasteiger partial charge in [0.2, 0.25) is 5.82 Å². The molecule has 0 bridgehead atoms. The Balaban J connectivity index is 2.15. The lowest BCUT2D eigenvalue weighted by Gasteiger charge is -2.14. The van der Waals surface area contributed by atoms with Gasteiger partial charge < -0.3 is 0 Å². The van der Waals surface area contributed by atoms with Crippen molar-refractivity contribution in [3.8, 4) is 22.4 Å². The Kier molecular flexibility index (Phi) is 6.16. The molecule has 5 nitrogen and oxygen atoms in total. The number of aromatic nitrogens is 2. The van der Waals surface area contributed by atoms with E-state index in [-0.39, 0.29) is 22.0 Å². The van der Waals surface area contributed by atoms with E-state index in [1.165, 1.54) is 12.1 Å². The van der Waals surface area contributed by atoms with Crippen molar-refractivity contribution in [2.24, 2.45) is 5.90 Å². The molecule has 0 saturated heterocycles. The lowest BCUT2D eigenvalue weighted by Crippen LogP contribution is -2.12. The molecule has 2 N–H and O–H groups in total. The fourth-order valence-electron chi connectivity index (χ4n) is 2.37. The molecule has 146 valence electrons. The van der Waals surface area contributed by atoms with Gasteiger partial charge in [-0.3, -0.25) is 0 Å². The van der Waals surface area contributed by atoms with Crippen LogP contribution in [-0.4, -0.2) is 9.97 Å². The van der Waals surface area contributed by atoms with Crippen molar-refractivity contribution in [3.05, 3.63) is 65.3 Å². The van der Waals surface area contributed by atoms with Crippen LogP contribution in [0.1, 0.15) is 5.82 Å². The second-order valence-electron chi connectivity index (χ2n) is 5.34. The Labute approximate surface area is 165 Å². The first-order valence-corrected chi connectivity index (χ1v) is 8.62. The smallest absolute Gasteiger partial charge is 0.224 e. The molecule has 0 aliphatic heterocycles. The van der Waals surface area contributed by atoms with Crippen LogP contribution < -0.4 is 5.90 Å². The molecule has 0 amide bonds. The number of rotatable bonds is 5. The number of nitrogens with two attached hydrogens (primary N) is 1. The van der Waals surface area contributed by atoms with E-state index in [9.17, 15) is 17.6 Å². The summed E-state index contributed by atoms with van der Waals surface area (Å²) < 4.78 is 57.2. The first-order chi connectivity index (χ1) is 13.3. The molecule has 0 unspecified atom stereocenters. The van der Waals surface area contributed by atoms with Crippen molar-refractivity contribution < 1.29 is 26.9 Å². The van der Waals surface area contributed by atoms with Crippen LogP contribution in [0.4, 0.5) is 17.6 Å². The highest BCUT2D eigenvalue weighted by Gasteiger charge is 2.36.